The summed E-state index contributed by atoms with van der Waals surface area (Å²) >= 11 is 0. The van der Waals surface area contributed by atoms with Crippen molar-refractivity contribution in [1.29, 1.82) is 0 Å². The summed E-state index contributed by atoms with van der Waals surface area (Å²) in [5.74, 6) is 0. The number of hydrogen-bond acceptors (Lipinski definition) is 3. The number of nitrogens with zero attached hydrogens (tertiary/aromatic N) is 2. The van der Waals surface area contributed by atoms with Crippen molar-refractivity contribution in [3.8, 4) is 11.3 Å². The van der Waals surface area contributed by atoms with Crippen LogP contribution in [0, 0.1) is 6.92 Å². The van der Waals surface area contributed by atoms with Crippen LogP contribution in [0.5, 0.6) is 0 Å². The maximum Gasteiger partial charge on any atom is 0.319 e. The maximum atomic E-state index is 12.5. The van der Waals surface area contributed by atoms with Gasteiger partial charge in [0.25, 0.3) is 5.56 Å². The van der Waals surface area contributed by atoms with Crippen LogP contribution in [0.2, 0.25) is 0 Å². The van der Waals surface area contributed by atoms with Gasteiger partial charge in [0.15, 0.2) is 0 Å². The number of carbonyl (C=O) groups is 1. The van der Waals surface area contributed by atoms with Crippen LogP contribution in [0.3, 0.4) is 0 Å². The van der Waals surface area contributed by atoms with Crippen molar-refractivity contribution in [2.75, 3.05) is 5.32 Å². The molecule has 3 heterocycles. The Morgan fingerprint density at radius 1 is 1.06 bits per heavy atom. The molecule has 0 spiro atoms. The number of fused-ring (bicyclic) bond motifs is 2. The van der Waals surface area contributed by atoms with E-state index in [2.05, 4.69) is 15.6 Å². The molecule has 7 heteroatoms. The van der Waals surface area contributed by atoms with Gasteiger partial charge in [0.1, 0.15) is 5.65 Å². The Balaban J connectivity index is 1.32. The number of anilines is 1. The highest BCUT2D eigenvalue weighted by Gasteiger charge is 2.09. The van der Waals surface area contributed by atoms with Gasteiger partial charge in [-0.3, -0.25) is 4.79 Å². The van der Waals surface area contributed by atoms with Crippen LogP contribution in [0.25, 0.3) is 27.7 Å². The third-order valence-electron chi connectivity index (χ3n) is 5.43. The number of rotatable bonds is 4. The molecule has 0 radical (unpaired) electrons. The third kappa shape index (κ3) is 3.72. The number of urea groups is 1. The monoisotopic (exact) mass is 423 g/mol. The van der Waals surface area contributed by atoms with Gasteiger partial charge in [-0.2, -0.15) is 0 Å². The van der Waals surface area contributed by atoms with Crippen LogP contribution in [-0.4, -0.2) is 20.4 Å². The van der Waals surface area contributed by atoms with E-state index in [9.17, 15) is 9.59 Å². The molecule has 2 amide bonds. The summed E-state index contributed by atoms with van der Waals surface area (Å²) in [5, 5.41) is 7.15. The van der Waals surface area contributed by atoms with Crippen molar-refractivity contribution in [3.05, 3.63) is 101 Å². The molecular weight excluding hydrogens is 402 g/mol. The molecule has 0 atom stereocenters. The molecule has 0 saturated carbocycles. The highest BCUT2D eigenvalue weighted by Crippen LogP contribution is 2.23. The summed E-state index contributed by atoms with van der Waals surface area (Å²) in [6.45, 7) is 2.31. The van der Waals surface area contributed by atoms with Crippen LogP contribution < -0.4 is 16.2 Å². The topological polar surface area (TPSA) is 91.3 Å². The summed E-state index contributed by atoms with van der Waals surface area (Å²) in [4.78, 5) is 31.9. The molecule has 0 bridgehead atoms. The largest absolute Gasteiger partial charge is 0.334 e. The Labute approximate surface area is 183 Å². The Kier molecular flexibility index (Phi) is 4.91. The van der Waals surface area contributed by atoms with Crippen molar-refractivity contribution >= 4 is 28.1 Å². The number of aromatic amines is 1. The van der Waals surface area contributed by atoms with E-state index < -0.39 is 0 Å². The van der Waals surface area contributed by atoms with E-state index in [4.69, 9.17) is 4.98 Å². The molecule has 0 aliphatic rings. The van der Waals surface area contributed by atoms with Crippen LogP contribution in [-0.2, 0) is 6.54 Å². The van der Waals surface area contributed by atoms with Gasteiger partial charge in [-0.05, 0) is 47.7 Å². The zero-order valence-corrected chi connectivity index (χ0v) is 17.4. The van der Waals surface area contributed by atoms with Gasteiger partial charge in [-0.1, -0.05) is 36.4 Å². The Morgan fingerprint density at radius 3 is 2.75 bits per heavy atom. The lowest BCUT2D eigenvalue weighted by atomic mass is 10.1. The van der Waals surface area contributed by atoms with Crippen molar-refractivity contribution in [2.24, 2.45) is 0 Å². The lowest BCUT2D eigenvalue weighted by Gasteiger charge is -2.10. The molecule has 5 rings (SSSR count). The summed E-state index contributed by atoms with van der Waals surface area (Å²) in [7, 11) is 0. The molecule has 0 saturated heterocycles. The average molecular weight is 423 g/mol. The lowest BCUT2D eigenvalue weighted by molar-refractivity contribution is 0.252. The highest BCUT2D eigenvalue weighted by atomic mass is 16.2. The number of imidazole rings is 1. The molecule has 3 aromatic heterocycles. The maximum absolute atomic E-state index is 12.5. The Bertz CT molecular complexity index is 1520. The van der Waals surface area contributed by atoms with E-state index in [0.29, 0.717) is 11.1 Å². The minimum absolute atomic E-state index is 0.146. The summed E-state index contributed by atoms with van der Waals surface area (Å²) in [6, 6.07) is 18.6. The zero-order chi connectivity index (χ0) is 22.1. The van der Waals surface area contributed by atoms with Crippen molar-refractivity contribution in [2.45, 2.75) is 13.5 Å². The predicted octanol–water partition coefficient (Wildman–Crippen LogP) is 4.47. The molecule has 5 aromatic rings. The zero-order valence-electron chi connectivity index (χ0n) is 17.4. The van der Waals surface area contributed by atoms with Gasteiger partial charge in [0.2, 0.25) is 0 Å². The number of carbonyl (C=O) groups excluding carboxylic acids is 1. The lowest BCUT2D eigenvalue weighted by Crippen LogP contribution is -2.28. The van der Waals surface area contributed by atoms with E-state index >= 15 is 0 Å². The smallest absolute Gasteiger partial charge is 0.319 e. The molecule has 0 aliphatic heterocycles. The fourth-order valence-electron chi connectivity index (χ4n) is 3.82. The predicted molar refractivity (Wildman–Crippen MR) is 126 cm³/mol. The molecule has 0 aliphatic carbocycles. The number of aromatic nitrogens is 3. The first-order valence-corrected chi connectivity index (χ1v) is 10.3. The van der Waals surface area contributed by atoms with Gasteiger partial charge in [0, 0.05) is 41.8 Å². The molecule has 0 fully saturated rings. The van der Waals surface area contributed by atoms with E-state index in [1.54, 1.807) is 12.3 Å². The minimum atomic E-state index is -0.330. The van der Waals surface area contributed by atoms with Crippen LogP contribution in [0.4, 0.5) is 10.5 Å². The summed E-state index contributed by atoms with van der Waals surface area (Å²) in [5.41, 5.74) is 5.12. The SMILES string of the molecule is Cc1cccn2cc(-c3cccc(NC(=O)NCc4c[nH]c(=O)c5ccccc45)c3)nc12. The van der Waals surface area contributed by atoms with Gasteiger partial charge < -0.3 is 20.0 Å². The second-order valence-electron chi connectivity index (χ2n) is 7.63. The first kappa shape index (κ1) is 19.6. The standard InChI is InChI=1S/C25H21N5O2/c1-16-6-5-11-30-15-22(29-23(16)30)17-7-4-8-19(12-17)28-25(32)27-14-18-13-26-24(31)21-10-3-2-9-20(18)21/h2-13,15H,14H2,1H3,(H,26,31)(H2,27,28,32). The van der Waals surface area contributed by atoms with Gasteiger partial charge in [0.05, 0.1) is 5.69 Å². The second kappa shape index (κ2) is 8.03. The molecule has 0 unspecified atom stereocenters. The molecule has 2 aromatic carbocycles. The van der Waals surface area contributed by atoms with E-state index in [1.807, 2.05) is 78.3 Å². The number of hydrogen-bond donors (Lipinski definition) is 3. The van der Waals surface area contributed by atoms with Gasteiger partial charge >= 0.3 is 6.03 Å². The number of amides is 2. The molecule has 3 N–H and O–H groups in total. The fourth-order valence-corrected chi connectivity index (χ4v) is 3.82. The minimum Gasteiger partial charge on any atom is -0.334 e. The number of nitrogens with one attached hydrogen (secondary N) is 3. The van der Waals surface area contributed by atoms with Crippen molar-refractivity contribution < 1.29 is 4.79 Å². The van der Waals surface area contributed by atoms with Gasteiger partial charge in [-0.25, -0.2) is 9.78 Å². The van der Waals surface area contributed by atoms with E-state index in [-0.39, 0.29) is 18.1 Å². The number of H-pyrrole nitrogens is 1. The normalized spacial score (nSPS) is 11.0. The summed E-state index contributed by atoms with van der Waals surface area (Å²) < 4.78 is 1.99. The third-order valence-corrected chi connectivity index (χ3v) is 5.43. The first-order chi connectivity index (χ1) is 15.6. The highest BCUT2D eigenvalue weighted by molar-refractivity contribution is 5.91. The Hall–Kier alpha value is -4.39. The molecule has 158 valence electrons. The van der Waals surface area contributed by atoms with E-state index in [1.165, 1.54) is 0 Å². The number of pyridine rings is 2. The quantitative estimate of drug-likeness (QED) is 0.398. The molecule has 7 nitrogen and oxygen atoms in total. The fraction of sp³-hybridized carbons (Fsp3) is 0.0800. The first-order valence-electron chi connectivity index (χ1n) is 10.3. The van der Waals surface area contributed by atoms with Crippen LogP contribution in [0.1, 0.15) is 11.1 Å². The van der Waals surface area contributed by atoms with Crippen LogP contribution in [0.15, 0.2) is 84.0 Å². The van der Waals surface area contributed by atoms with Gasteiger partial charge in [-0.15, -0.1) is 0 Å². The number of benzene rings is 2. The van der Waals surface area contributed by atoms with E-state index in [0.717, 1.165) is 33.4 Å². The van der Waals surface area contributed by atoms with Crippen molar-refractivity contribution in [1.82, 2.24) is 19.7 Å². The average Bonchev–Trinajstić information content (AvgIpc) is 3.25. The Morgan fingerprint density at radius 2 is 1.91 bits per heavy atom. The summed E-state index contributed by atoms with van der Waals surface area (Å²) in [6.07, 6.45) is 5.58. The molecule has 32 heavy (non-hydrogen) atoms. The second-order valence-corrected chi connectivity index (χ2v) is 7.63. The van der Waals surface area contributed by atoms with Crippen molar-refractivity contribution in [3.63, 3.8) is 0 Å². The molecular formula is C25H21N5O2. The number of aryl methyl sites for hydroxylation is 1. The van der Waals surface area contributed by atoms with Crippen LogP contribution >= 0.6 is 0 Å².